The fourth-order valence-corrected chi connectivity index (χ4v) is 3.60. The number of aryl methyl sites for hydroxylation is 1. The van der Waals surface area contributed by atoms with Crippen LogP contribution in [0.3, 0.4) is 0 Å². The maximum atomic E-state index is 12.7. The number of nitrogen functional groups attached to an aromatic ring is 1. The summed E-state index contributed by atoms with van der Waals surface area (Å²) in [7, 11) is 1.59. The molecule has 1 aliphatic heterocycles. The normalized spacial score (nSPS) is 15.6. The first kappa shape index (κ1) is 19.3. The summed E-state index contributed by atoms with van der Waals surface area (Å²) >= 11 is 1.59. The van der Waals surface area contributed by atoms with Gasteiger partial charge in [0.25, 0.3) is 5.91 Å². The maximum Gasteiger partial charge on any atom is 0.270 e. The maximum absolute atomic E-state index is 12.7. The van der Waals surface area contributed by atoms with E-state index in [4.69, 9.17) is 15.2 Å². The van der Waals surface area contributed by atoms with E-state index < -0.39 is 0 Å². The molecule has 0 aliphatic carbocycles. The second-order valence-electron chi connectivity index (χ2n) is 6.32. The van der Waals surface area contributed by atoms with E-state index >= 15 is 0 Å². The van der Waals surface area contributed by atoms with E-state index in [0.29, 0.717) is 42.5 Å². The second-order valence-corrected chi connectivity index (χ2v) is 7.63. The molecule has 0 spiro atoms. The molecule has 1 amide bonds. The summed E-state index contributed by atoms with van der Waals surface area (Å²) in [6.45, 7) is 3.69. The molecule has 144 valence electrons. The number of thiazole rings is 1. The predicted octanol–water partition coefficient (Wildman–Crippen LogP) is 2.33. The number of hydrogen-bond acceptors (Lipinski definition) is 7. The number of anilines is 1. The van der Waals surface area contributed by atoms with Crippen molar-refractivity contribution in [1.29, 1.82) is 0 Å². The number of ether oxygens (including phenoxy) is 2. The van der Waals surface area contributed by atoms with E-state index in [9.17, 15) is 4.79 Å². The van der Waals surface area contributed by atoms with Gasteiger partial charge in [-0.3, -0.25) is 9.79 Å². The fourth-order valence-electron chi connectivity index (χ4n) is 2.90. The molecule has 0 saturated carbocycles. The molecule has 8 heteroatoms. The fraction of sp³-hybridized carbons (Fsp3) is 0.421. The Morgan fingerprint density at radius 1 is 1.44 bits per heavy atom. The van der Waals surface area contributed by atoms with Gasteiger partial charge < -0.3 is 20.5 Å². The van der Waals surface area contributed by atoms with Crippen molar-refractivity contribution in [1.82, 2.24) is 10.3 Å². The number of carbonyl (C=O) groups is 1. The Bertz CT molecular complexity index is 828. The van der Waals surface area contributed by atoms with E-state index in [0.717, 1.165) is 22.7 Å². The minimum atomic E-state index is -0.230. The summed E-state index contributed by atoms with van der Waals surface area (Å²) in [4.78, 5) is 22.1. The lowest BCUT2D eigenvalue weighted by atomic mass is 10.0. The van der Waals surface area contributed by atoms with Gasteiger partial charge in [-0.15, -0.1) is 11.3 Å². The molecule has 7 nitrogen and oxygen atoms in total. The first-order valence-corrected chi connectivity index (χ1v) is 9.68. The van der Waals surface area contributed by atoms with E-state index in [1.54, 1.807) is 42.8 Å². The molecule has 1 aliphatic rings. The number of rotatable bonds is 6. The molecule has 3 N–H and O–H groups in total. The first-order chi connectivity index (χ1) is 13.1. The van der Waals surface area contributed by atoms with Crippen molar-refractivity contribution in [3.63, 3.8) is 0 Å². The van der Waals surface area contributed by atoms with Crippen LogP contribution in [0.25, 0.3) is 0 Å². The average molecular weight is 388 g/mol. The molecule has 2 aromatic rings. The minimum Gasteiger partial charge on any atom is -0.488 e. The summed E-state index contributed by atoms with van der Waals surface area (Å²) in [6.07, 6.45) is 3.41. The van der Waals surface area contributed by atoms with E-state index in [2.05, 4.69) is 15.3 Å². The zero-order valence-electron chi connectivity index (χ0n) is 15.5. The summed E-state index contributed by atoms with van der Waals surface area (Å²) in [5.41, 5.74) is 7.46. The van der Waals surface area contributed by atoms with Gasteiger partial charge in [-0.05, 0) is 38.0 Å². The van der Waals surface area contributed by atoms with Gasteiger partial charge in [0, 0.05) is 43.8 Å². The van der Waals surface area contributed by atoms with Gasteiger partial charge in [-0.25, -0.2) is 4.98 Å². The minimum absolute atomic E-state index is 0.0956. The Morgan fingerprint density at radius 2 is 2.22 bits per heavy atom. The molecule has 1 fully saturated rings. The highest BCUT2D eigenvalue weighted by molar-refractivity contribution is 7.11. The van der Waals surface area contributed by atoms with Crippen LogP contribution < -0.4 is 15.8 Å². The van der Waals surface area contributed by atoms with Crippen LogP contribution >= 0.6 is 11.3 Å². The number of aromatic nitrogens is 1. The summed E-state index contributed by atoms with van der Waals surface area (Å²) in [5, 5.41) is 4.02. The molecule has 2 heterocycles. The van der Waals surface area contributed by atoms with Crippen molar-refractivity contribution in [2.75, 3.05) is 26.0 Å². The largest absolute Gasteiger partial charge is 0.488 e. The van der Waals surface area contributed by atoms with Gasteiger partial charge in [-0.1, -0.05) is 0 Å². The van der Waals surface area contributed by atoms with Crippen LogP contribution in [-0.4, -0.2) is 42.9 Å². The highest BCUT2D eigenvalue weighted by Crippen LogP contribution is 2.23. The zero-order valence-corrected chi connectivity index (χ0v) is 16.3. The molecular formula is C19H24N4O3S. The highest BCUT2D eigenvalue weighted by atomic mass is 32.1. The zero-order chi connectivity index (χ0) is 19.2. The van der Waals surface area contributed by atoms with Crippen LogP contribution in [0.1, 0.15) is 28.3 Å². The van der Waals surface area contributed by atoms with Gasteiger partial charge in [0.05, 0.1) is 9.88 Å². The molecule has 1 aromatic carbocycles. The standard InChI is InChI=1S/C19H24N4O3S/c1-12-22-10-15(27-12)11-26-14-3-4-17(20)16(9-14)18(21-2)19(24)23-13-5-7-25-8-6-13/h3-4,9-10,13H,5-8,11,20H2,1-2H3,(H,23,24). The Labute approximate surface area is 162 Å². The number of aliphatic imine (C=N–C) groups is 1. The van der Waals surface area contributed by atoms with Gasteiger partial charge in [0.2, 0.25) is 0 Å². The first-order valence-electron chi connectivity index (χ1n) is 8.86. The highest BCUT2D eigenvalue weighted by Gasteiger charge is 2.22. The molecule has 0 radical (unpaired) electrons. The lowest BCUT2D eigenvalue weighted by Crippen LogP contribution is -2.42. The summed E-state index contributed by atoms with van der Waals surface area (Å²) in [5.74, 6) is 0.400. The van der Waals surface area contributed by atoms with Crippen LogP contribution in [0.2, 0.25) is 0 Å². The van der Waals surface area contributed by atoms with Crippen LogP contribution in [-0.2, 0) is 16.1 Å². The molecule has 3 rings (SSSR count). The number of amides is 1. The summed E-state index contributed by atoms with van der Waals surface area (Å²) in [6, 6.07) is 5.37. The van der Waals surface area contributed by atoms with Crippen molar-refractivity contribution < 1.29 is 14.3 Å². The number of hydrogen-bond donors (Lipinski definition) is 2. The Kier molecular flexibility index (Phi) is 6.41. The van der Waals surface area contributed by atoms with E-state index in [1.165, 1.54) is 0 Å². The lowest BCUT2D eigenvalue weighted by molar-refractivity contribution is -0.116. The topological polar surface area (TPSA) is 98.8 Å². The number of benzene rings is 1. The van der Waals surface area contributed by atoms with E-state index in [-0.39, 0.29) is 11.9 Å². The van der Waals surface area contributed by atoms with Crippen molar-refractivity contribution in [3.05, 3.63) is 39.8 Å². The molecular weight excluding hydrogens is 364 g/mol. The lowest BCUT2D eigenvalue weighted by Gasteiger charge is -2.23. The Morgan fingerprint density at radius 3 is 2.89 bits per heavy atom. The van der Waals surface area contributed by atoms with Crippen LogP contribution in [0.4, 0.5) is 5.69 Å². The molecule has 27 heavy (non-hydrogen) atoms. The number of carbonyl (C=O) groups excluding carboxylic acids is 1. The van der Waals surface area contributed by atoms with Gasteiger partial charge in [0.1, 0.15) is 18.1 Å². The number of nitrogens with zero attached hydrogens (tertiary/aromatic N) is 2. The van der Waals surface area contributed by atoms with Gasteiger partial charge in [0.15, 0.2) is 0 Å². The van der Waals surface area contributed by atoms with Gasteiger partial charge in [-0.2, -0.15) is 0 Å². The third kappa shape index (κ3) is 5.05. The predicted molar refractivity (Wildman–Crippen MR) is 106 cm³/mol. The quantitative estimate of drug-likeness (QED) is 0.584. The molecule has 1 aromatic heterocycles. The van der Waals surface area contributed by atoms with E-state index in [1.807, 2.05) is 6.92 Å². The van der Waals surface area contributed by atoms with Crippen molar-refractivity contribution in [2.24, 2.45) is 4.99 Å². The molecule has 0 bridgehead atoms. The van der Waals surface area contributed by atoms with Crippen LogP contribution in [0, 0.1) is 6.92 Å². The molecule has 0 unspecified atom stereocenters. The Balaban J connectivity index is 1.71. The SMILES string of the molecule is CN=C(C(=O)NC1CCOCC1)c1cc(OCc2cnc(C)s2)ccc1N. The summed E-state index contributed by atoms with van der Waals surface area (Å²) < 4.78 is 11.2. The van der Waals surface area contributed by atoms with Crippen LogP contribution in [0.5, 0.6) is 5.75 Å². The van der Waals surface area contributed by atoms with Gasteiger partial charge >= 0.3 is 0 Å². The van der Waals surface area contributed by atoms with Crippen LogP contribution in [0.15, 0.2) is 29.4 Å². The number of nitrogens with two attached hydrogens (primary N) is 1. The number of nitrogens with one attached hydrogen (secondary N) is 1. The second kappa shape index (κ2) is 8.96. The Hall–Kier alpha value is -2.45. The monoisotopic (exact) mass is 388 g/mol. The smallest absolute Gasteiger partial charge is 0.270 e. The van der Waals surface area contributed by atoms with Crippen molar-refractivity contribution >= 4 is 28.6 Å². The third-order valence-corrected chi connectivity index (χ3v) is 5.21. The third-order valence-electron chi connectivity index (χ3n) is 4.33. The van der Waals surface area contributed by atoms with Crippen molar-refractivity contribution in [2.45, 2.75) is 32.4 Å². The molecule has 0 atom stereocenters. The molecule has 1 saturated heterocycles. The average Bonchev–Trinajstić information content (AvgIpc) is 3.09. The van der Waals surface area contributed by atoms with Crippen molar-refractivity contribution in [3.8, 4) is 5.75 Å².